The molecule has 1 heteroatoms. The third kappa shape index (κ3) is 3.46. The maximum atomic E-state index is 12.1. The largest absolute Gasteiger partial charge is 0.299 e. The molecular formula is C18H26O. The molecule has 1 aromatic carbocycles. The van der Waals surface area contributed by atoms with Gasteiger partial charge in [-0.3, -0.25) is 4.79 Å². The van der Waals surface area contributed by atoms with Crippen LogP contribution in [-0.4, -0.2) is 5.78 Å². The fourth-order valence-corrected chi connectivity index (χ4v) is 3.16. The molecule has 104 valence electrons. The van der Waals surface area contributed by atoms with Crippen LogP contribution in [0.4, 0.5) is 0 Å². The standard InChI is InChI=1S/C18H26O/c1-12(2)16-7-8-18(19)17(11-16)10-15-6-5-13(3)14(4)9-15/h5-6,9,12,16-17H,7-8,10-11H2,1-4H3. The topological polar surface area (TPSA) is 17.1 Å². The summed E-state index contributed by atoms with van der Waals surface area (Å²) in [4.78, 5) is 12.1. The summed E-state index contributed by atoms with van der Waals surface area (Å²) >= 11 is 0. The summed E-state index contributed by atoms with van der Waals surface area (Å²) in [6, 6.07) is 6.62. The van der Waals surface area contributed by atoms with Gasteiger partial charge in [-0.05, 0) is 61.6 Å². The first-order valence-electron chi connectivity index (χ1n) is 7.56. The van der Waals surface area contributed by atoms with Crippen molar-refractivity contribution in [3.05, 3.63) is 34.9 Å². The molecule has 0 bridgehead atoms. The quantitative estimate of drug-likeness (QED) is 0.781. The zero-order valence-electron chi connectivity index (χ0n) is 12.7. The highest BCUT2D eigenvalue weighted by molar-refractivity contribution is 5.82. The van der Waals surface area contributed by atoms with Crippen LogP contribution in [0.3, 0.4) is 0 Å². The van der Waals surface area contributed by atoms with Crippen molar-refractivity contribution in [1.82, 2.24) is 0 Å². The lowest BCUT2D eigenvalue weighted by molar-refractivity contribution is -0.125. The van der Waals surface area contributed by atoms with E-state index >= 15 is 0 Å². The third-order valence-electron chi connectivity index (χ3n) is 4.80. The van der Waals surface area contributed by atoms with Crippen molar-refractivity contribution in [3.8, 4) is 0 Å². The minimum Gasteiger partial charge on any atom is -0.299 e. The van der Waals surface area contributed by atoms with E-state index in [9.17, 15) is 4.79 Å². The Hall–Kier alpha value is -1.11. The van der Waals surface area contributed by atoms with Crippen molar-refractivity contribution < 1.29 is 4.79 Å². The van der Waals surface area contributed by atoms with E-state index < -0.39 is 0 Å². The van der Waals surface area contributed by atoms with Gasteiger partial charge in [0.2, 0.25) is 0 Å². The van der Waals surface area contributed by atoms with Crippen LogP contribution >= 0.6 is 0 Å². The van der Waals surface area contributed by atoms with Gasteiger partial charge in [-0.2, -0.15) is 0 Å². The number of carbonyl (C=O) groups excluding carboxylic acids is 1. The Kier molecular flexibility index (Phi) is 4.44. The molecule has 0 heterocycles. The molecule has 1 nitrogen and oxygen atoms in total. The summed E-state index contributed by atoms with van der Waals surface area (Å²) in [7, 11) is 0. The van der Waals surface area contributed by atoms with Crippen LogP contribution in [0, 0.1) is 31.6 Å². The van der Waals surface area contributed by atoms with E-state index in [-0.39, 0.29) is 5.92 Å². The number of aryl methyl sites for hydroxylation is 2. The monoisotopic (exact) mass is 258 g/mol. The molecule has 2 rings (SSSR count). The first-order chi connectivity index (χ1) is 8.97. The smallest absolute Gasteiger partial charge is 0.136 e. The molecule has 2 atom stereocenters. The van der Waals surface area contributed by atoms with Crippen molar-refractivity contribution >= 4 is 5.78 Å². The molecule has 2 unspecified atom stereocenters. The maximum Gasteiger partial charge on any atom is 0.136 e. The Morgan fingerprint density at radius 3 is 2.58 bits per heavy atom. The molecule has 0 amide bonds. The van der Waals surface area contributed by atoms with Crippen molar-refractivity contribution in [2.24, 2.45) is 17.8 Å². The first kappa shape index (κ1) is 14.3. The molecule has 0 N–H and O–H groups in total. The van der Waals surface area contributed by atoms with Gasteiger partial charge >= 0.3 is 0 Å². The fourth-order valence-electron chi connectivity index (χ4n) is 3.16. The molecule has 0 aliphatic heterocycles. The van der Waals surface area contributed by atoms with Gasteiger partial charge in [-0.25, -0.2) is 0 Å². The minimum absolute atomic E-state index is 0.253. The van der Waals surface area contributed by atoms with E-state index in [1.807, 2.05) is 0 Å². The van der Waals surface area contributed by atoms with Crippen molar-refractivity contribution in [1.29, 1.82) is 0 Å². The number of carbonyl (C=O) groups is 1. The molecule has 1 aliphatic rings. The molecule has 0 spiro atoms. The maximum absolute atomic E-state index is 12.1. The number of ketones is 1. The number of benzene rings is 1. The summed E-state index contributed by atoms with van der Waals surface area (Å²) in [6.45, 7) is 8.86. The van der Waals surface area contributed by atoms with Crippen molar-refractivity contribution in [3.63, 3.8) is 0 Å². The van der Waals surface area contributed by atoms with Gasteiger partial charge in [0, 0.05) is 12.3 Å². The third-order valence-corrected chi connectivity index (χ3v) is 4.80. The van der Waals surface area contributed by atoms with Gasteiger partial charge in [-0.1, -0.05) is 32.0 Å². The molecule has 1 saturated carbocycles. The molecule has 0 aromatic heterocycles. The average molecular weight is 258 g/mol. The number of Topliss-reactive ketones (excluding diaryl/α,β-unsaturated/α-hetero) is 1. The summed E-state index contributed by atoms with van der Waals surface area (Å²) < 4.78 is 0. The first-order valence-corrected chi connectivity index (χ1v) is 7.56. The second kappa shape index (κ2) is 5.90. The molecule has 19 heavy (non-hydrogen) atoms. The average Bonchev–Trinajstić information content (AvgIpc) is 2.36. The normalized spacial score (nSPS) is 23.9. The van der Waals surface area contributed by atoms with Crippen LogP contribution in [0.5, 0.6) is 0 Å². The minimum atomic E-state index is 0.253. The highest BCUT2D eigenvalue weighted by Gasteiger charge is 2.30. The highest BCUT2D eigenvalue weighted by atomic mass is 16.1. The van der Waals surface area contributed by atoms with Crippen LogP contribution in [-0.2, 0) is 11.2 Å². The summed E-state index contributed by atoms with van der Waals surface area (Å²) in [6.07, 6.45) is 3.91. The summed E-state index contributed by atoms with van der Waals surface area (Å²) in [5, 5.41) is 0. The van der Waals surface area contributed by atoms with Gasteiger partial charge in [0.25, 0.3) is 0 Å². The van der Waals surface area contributed by atoms with Gasteiger partial charge in [0.05, 0.1) is 0 Å². The molecule has 1 aliphatic carbocycles. The lowest BCUT2D eigenvalue weighted by Gasteiger charge is -2.30. The molecule has 0 saturated heterocycles. The van der Waals surface area contributed by atoms with Gasteiger partial charge < -0.3 is 0 Å². The van der Waals surface area contributed by atoms with E-state index in [4.69, 9.17) is 0 Å². The SMILES string of the molecule is Cc1ccc(CC2CC(C(C)C)CCC2=O)cc1C. The molecule has 1 fully saturated rings. The van der Waals surface area contributed by atoms with Crippen LogP contribution in [0.2, 0.25) is 0 Å². The molecule has 1 aromatic rings. The Labute approximate surface area is 117 Å². The highest BCUT2D eigenvalue weighted by Crippen LogP contribution is 2.33. The van der Waals surface area contributed by atoms with Crippen molar-refractivity contribution in [2.75, 3.05) is 0 Å². The van der Waals surface area contributed by atoms with E-state index in [0.717, 1.165) is 31.6 Å². The lowest BCUT2D eigenvalue weighted by Crippen LogP contribution is -2.28. The predicted octanol–water partition coefficient (Wildman–Crippen LogP) is 4.49. The van der Waals surface area contributed by atoms with E-state index in [1.54, 1.807) is 0 Å². The number of rotatable bonds is 3. The predicted molar refractivity (Wildman–Crippen MR) is 80.3 cm³/mol. The Bertz CT molecular complexity index is 459. The van der Waals surface area contributed by atoms with Gasteiger partial charge in [0.15, 0.2) is 0 Å². The van der Waals surface area contributed by atoms with E-state index in [1.165, 1.54) is 16.7 Å². The Morgan fingerprint density at radius 2 is 1.95 bits per heavy atom. The Morgan fingerprint density at radius 1 is 1.21 bits per heavy atom. The zero-order valence-corrected chi connectivity index (χ0v) is 12.7. The lowest BCUT2D eigenvalue weighted by atomic mass is 9.73. The summed E-state index contributed by atoms with van der Waals surface area (Å²) in [5.74, 6) is 2.17. The molecule has 0 radical (unpaired) electrons. The zero-order chi connectivity index (χ0) is 14.0. The molecular weight excluding hydrogens is 232 g/mol. The van der Waals surface area contributed by atoms with Gasteiger partial charge in [0.1, 0.15) is 5.78 Å². The van der Waals surface area contributed by atoms with Crippen LogP contribution < -0.4 is 0 Å². The van der Waals surface area contributed by atoms with Crippen LogP contribution in [0.1, 0.15) is 49.8 Å². The second-order valence-corrected chi connectivity index (χ2v) is 6.56. The fraction of sp³-hybridized carbons (Fsp3) is 0.611. The van der Waals surface area contributed by atoms with E-state index in [2.05, 4.69) is 45.9 Å². The Balaban J connectivity index is 2.07. The van der Waals surface area contributed by atoms with Crippen molar-refractivity contribution in [2.45, 2.75) is 53.4 Å². The van der Waals surface area contributed by atoms with Crippen LogP contribution in [0.25, 0.3) is 0 Å². The van der Waals surface area contributed by atoms with Crippen LogP contribution in [0.15, 0.2) is 18.2 Å². The van der Waals surface area contributed by atoms with E-state index in [0.29, 0.717) is 11.7 Å². The number of hydrogen-bond donors (Lipinski definition) is 0. The van der Waals surface area contributed by atoms with Gasteiger partial charge in [-0.15, -0.1) is 0 Å². The number of hydrogen-bond acceptors (Lipinski definition) is 1. The summed E-state index contributed by atoms with van der Waals surface area (Å²) in [5.41, 5.74) is 3.99. The second-order valence-electron chi connectivity index (χ2n) is 6.56.